The average Bonchev–Trinajstić information content (AvgIpc) is 3.21. The van der Waals surface area contributed by atoms with Crippen LogP contribution in [0.2, 0.25) is 0 Å². The van der Waals surface area contributed by atoms with Crippen molar-refractivity contribution in [2.75, 3.05) is 26.2 Å². The molecule has 1 saturated heterocycles. The highest BCUT2D eigenvalue weighted by Gasteiger charge is 2.25. The first kappa shape index (κ1) is 21.8. The first-order chi connectivity index (χ1) is 13.6. The molecule has 0 spiro atoms. The summed E-state index contributed by atoms with van der Waals surface area (Å²) in [5, 5.41) is 26.3. The lowest BCUT2D eigenvalue weighted by Gasteiger charge is -2.31. The van der Waals surface area contributed by atoms with Crippen LogP contribution in [-0.4, -0.2) is 61.4 Å². The summed E-state index contributed by atoms with van der Waals surface area (Å²) in [5.41, 5.74) is 0. The number of urea groups is 2. The Morgan fingerprint density at radius 2 is 1.57 bits per heavy atom. The molecule has 1 aliphatic heterocycles. The zero-order valence-electron chi connectivity index (χ0n) is 16.3. The van der Waals surface area contributed by atoms with Crippen LogP contribution in [0, 0.1) is 22.7 Å². The van der Waals surface area contributed by atoms with Gasteiger partial charge in [0.15, 0.2) is 0 Å². The molecule has 2 fully saturated rings. The van der Waals surface area contributed by atoms with E-state index in [0.717, 1.165) is 45.1 Å². The van der Waals surface area contributed by atoms with Gasteiger partial charge in [0.1, 0.15) is 0 Å². The molecule has 1 atom stereocenters. The smallest absolute Gasteiger partial charge is 0.317 e. The highest BCUT2D eigenvalue weighted by Crippen LogP contribution is 2.19. The maximum Gasteiger partial charge on any atom is 0.317 e. The third-order valence-corrected chi connectivity index (χ3v) is 5.18. The van der Waals surface area contributed by atoms with Gasteiger partial charge in [-0.15, -0.1) is 0 Å². The number of rotatable bonds is 8. The van der Waals surface area contributed by atoms with Crippen LogP contribution in [0.3, 0.4) is 0 Å². The normalized spacial score (nSPS) is 23.9. The standard InChI is InChI=1S/C19H30N6O3/c20-9-2-11-25(12-3-10-21)19(27)24-16-7-5-15(6-8-16)23-18(26)22-14-17-4-1-13-28-17/h15-17H,1-8,11-14H2,(H,24,27)(H2,22,23,26). The second-order valence-electron chi connectivity index (χ2n) is 7.29. The summed E-state index contributed by atoms with van der Waals surface area (Å²) >= 11 is 0. The largest absolute Gasteiger partial charge is 0.376 e. The van der Waals surface area contributed by atoms with Crippen molar-refractivity contribution in [3.63, 3.8) is 0 Å². The van der Waals surface area contributed by atoms with Crippen LogP contribution in [0.4, 0.5) is 9.59 Å². The fourth-order valence-electron chi connectivity index (χ4n) is 3.58. The third-order valence-electron chi connectivity index (χ3n) is 5.18. The molecular weight excluding hydrogens is 360 g/mol. The SMILES string of the molecule is N#CCCN(CCC#N)C(=O)NC1CCC(NC(=O)NCC2CCCO2)CC1. The summed E-state index contributed by atoms with van der Waals surface area (Å²) in [6.07, 6.45) is 5.83. The van der Waals surface area contributed by atoms with Gasteiger partial charge in [0.25, 0.3) is 0 Å². The van der Waals surface area contributed by atoms with Crippen molar-refractivity contribution in [1.29, 1.82) is 10.5 Å². The summed E-state index contributed by atoms with van der Waals surface area (Å²) in [7, 11) is 0. The molecule has 3 N–H and O–H groups in total. The Morgan fingerprint density at radius 1 is 0.964 bits per heavy atom. The van der Waals surface area contributed by atoms with Crippen LogP contribution in [0.25, 0.3) is 0 Å². The van der Waals surface area contributed by atoms with Gasteiger partial charge < -0.3 is 25.6 Å². The maximum absolute atomic E-state index is 12.4. The van der Waals surface area contributed by atoms with E-state index in [9.17, 15) is 9.59 Å². The fraction of sp³-hybridized carbons (Fsp3) is 0.789. The number of nitrogens with one attached hydrogen (secondary N) is 3. The maximum atomic E-state index is 12.4. The monoisotopic (exact) mass is 390 g/mol. The number of ether oxygens (including phenoxy) is 1. The molecule has 1 heterocycles. The van der Waals surface area contributed by atoms with E-state index in [2.05, 4.69) is 16.0 Å². The Labute approximate surface area is 166 Å². The Kier molecular flexibility index (Phi) is 9.36. The summed E-state index contributed by atoms with van der Waals surface area (Å²) in [5.74, 6) is 0. The molecule has 1 saturated carbocycles. The molecule has 9 heteroatoms. The average molecular weight is 390 g/mol. The van der Waals surface area contributed by atoms with E-state index in [1.54, 1.807) is 0 Å². The van der Waals surface area contributed by atoms with E-state index in [0.29, 0.717) is 19.6 Å². The summed E-state index contributed by atoms with van der Waals surface area (Å²) in [6, 6.07) is 3.81. The second kappa shape index (κ2) is 12.0. The van der Waals surface area contributed by atoms with Gasteiger partial charge in [0.05, 0.1) is 31.1 Å². The van der Waals surface area contributed by atoms with E-state index < -0.39 is 0 Å². The predicted molar refractivity (Wildman–Crippen MR) is 102 cm³/mol. The van der Waals surface area contributed by atoms with Crippen LogP contribution in [0.15, 0.2) is 0 Å². The molecule has 154 valence electrons. The number of nitriles is 2. The molecular formula is C19H30N6O3. The van der Waals surface area contributed by atoms with E-state index in [1.165, 1.54) is 4.90 Å². The first-order valence-electron chi connectivity index (χ1n) is 10.1. The van der Waals surface area contributed by atoms with Gasteiger partial charge in [-0.25, -0.2) is 9.59 Å². The van der Waals surface area contributed by atoms with Crippen molar-refractivity contribution < 1.29 is 14.3 Å². The minimum Gasteiger partial charge on any atom is -0.376 e. The van der Waals surface area contributed by atoms with Crippen LogP contribution < -0.4 is 16.0 Å². The van der Waals surface area contributed by atoms with Crippen molar-refractivity contribution in [3.8, 4) is 12.1 Å². The minimum absolute atomic E-state index is 0.0483. The van der Waals surface area contributed by atoms with E-state index in [-0.39, 0.29) is 43.1 Å². The minimum atomic E-state index is -0.226. The Hall–Kier alpha value is -2.52. The third kappa shape index (κ3) is 7.61. The van der Waals surface area contributed by atoms with Crippen LogP contribution >= 0.6 is 0 Å². The lowest BCUT2D eigenvalue weighted by molar-refractivity contribution is 0.111. The Balaban J connectivity index is 1.66. The van der Waals surface area contributed by atoms with Crippen molar-refractivity contribution in [2.24, 2.45) is 0 Å². The molecule has 28 heavy (non-hydrogen) atoms. The fourth-order valence-corrected chi connectivity index (χ4v) is 3.58. The Morgan fingerprint density at radius 3 is 2.11 bits per heavy atom. The first-order valence-corrected chi connectivity index (χ1v) is 10.1. The van der Waals surface area contributed by atoms with Crippen molar-refractivity contribution >= 4 is 12.1 Å². The lowest BCUT2D eigenvalue weighted by Crippen LogP contribution is -2.50. The number of hydrogen-bond acceptors (Lipinski definition) is 5. The second-order valence-corrected chi connectivity index (χ2v) is 7.29. The molecule has 0 bridgehead atoms. The number of carbonyl (C=O) groups excluding carboxylic acids is 2. The highest BCUT2D eigenvalue weighted by molar-refractivity contribution is 5.75. The quantitative estimate of drug-likeness (QED) is 0.580. The molecule has 1 unspecified atom stereocenters. The Bertz CT molecular complexity index is 567. The van der Waals surface area contributed by atoms with Gasteiger partial charge in [-0.2, -0.15) is 10.5 Å². The van der Waals surface area contributed by atoms with Crippen molar-refractivity contribution in [2.45, 2.75) is 69.6 Å². The predicted octanol–water partition coefficient (Wildman–Crippen LogP) is 1.61. The number of carbonyl (C=O) groups is 2. The molecule has 0 radical (unpaired) electrons. The van der Waals surface area contributed by atoms with Crippen LogP contribution in [0.1, 0.15) is 51.4 Å². The van der Waals surface area contributed by atoms with E-state index >= 15 is 0 Å². The molecule has 0 aromatic carbocycles. The van der Waals surface area contributed by atoms with Gasteiger partial charge in [0, 0.05) is 38.3 Å². The summed E-state index contributed by atoms with van der Waals surface area (Å²) in [4.78, 5) is 25.9. The number of nitrogens with zero attached hydrogens (tertiary/aromatic N) is 3. The molecule has 9 nitrogen and oxygen atoms in total. The van der Waals surface area contributed by atoms with E-state index in [1.807, 2.05) is 12.1 Å². The zero-order valence-corrected chi connectivity index (χ0v) is 16.3. The molecule has 4 amide bonds. The highest BCUT2D eigenvalue weighted by atomic mass is 16.5. The van der Waals surface area contributed by atoms with Gasteiger partial charge >= 0.3 is 12.1 Å². The van der Waals surface area contributed by atoms with Crippen molar-refractivity contribution in [3.05, 3.63) is 0 Å². The molecule has 1 aliphatic carbocycles. The molecule has 0 aromatic heterocycles. The van der Waals surface area contributed by atoms with Gasteiger partial charge in [-0.05, 0) is 38.5 Å². The molecule has 2 rings (SSSR count). The summed E-state index contributed by atoms with van der Waals surface area (Å²) < 4.78 is 5.49. The van der Waals surface area contributed by atoms with Gasteiger partial charge in [-0.1, -0.05) is 0 Å². The van der Waals surface area contributed by atoms with Crippen molar-refractivity contribution in [1.82, 2.24) is 20.9 Å². The van der Waals surface area contributed by atoms with Gasteiger partial charge in [-0.3, -0.25) is 0 Å². The number of hydrogen-bond donors (Lipinski definition) is 3. The lowest BCUT2D eigenvalue weighted by atomic mass is 9.91. The van der Waals surface area contributed by atoms with Gasteiger partial charge in [0.2, 0.25) is 0 Å². The number of amides is 4. The molecule has 0 aromatic rings. The van der Waals surface area contributed by atoms with Crippen LogP contribution in [-0.2, 0) is 4.74 Å². The van der Waals surface area contributed by atoms with E-state index in [4.69, 9.17) is 15.3 Å². The summed E-state index contributed by atoms with van der Waals surface area (Å²) in [6.45, 7) is 1.96. The zero-order chi connectivity index (χ0) is 20.2. The topological polar surface area (TPSA) is 130 Å². The van der Waals surface area contributed by atoms with Crippen LogP contribution in [0.5, 0.6) is 0 Å². The molecule has 2 aliphatic rings.